The van der Waals surface area contributed by atoms with Crippen molar-refractivity contribution in [1.82, 2.24) is 5.32 Å². The number of hydrogen-bond acceptors (Lipinski definition) is 2. The Morgan fingerprint density at radius 3 is 2.81 bits per heavy atom. The molecule has 21 heavy (non-hydrogen) atoms. The van der Waals surface area contributed by atoms with Gasteiger partial charge in [-0.25, -0.2) is 0 Å². The van der Waals surface area contributed by atoms with Crippen LogP contribution in [-0.4, -0.2) is 26.3 Å². The molecule has 0 bridgehead atoms. The van der Waals surface area contributed by atoms with Crippen LogP contribution in [0.5, 0.6) is 0 Å². The van der Waals surface area contributed by atoms with Gasteiger partial charge in [0.05, 0.1) is 0 Å². The van der Waals surface area contributed by atoms with Crippen LogP contribution in [-0.2, 0) is 24.0 Å². The highest BCUT2D eigenvalue weighted by Gasteiger charge is 2.16. The molecular weight excluding hydrogens is 258 g/mol. The summed E-state index contributed by atoms with van der Waals surface area (Å²) in [5, 5.41) is 3.72. The van der Waals surface area contributed by atoms with Crippen molar-refractivity contribution in [2.75, 3.05) is 20.3 Å². The molecule has 1 N–H and O–H groups in total. The van der Waals surface area contributed by atoms with Crippen LogP contribution in [0.15, 0.2) is 18.2 Å². The molecule has 0 aromatic heterocycles. The van der Waals surface area contributed by atoms with E-state index in [1.54, 1.807) is 18.2 Å². The van der Waals surface area contributed by atoms with Crippen LogP contribution in [0.2, 0.25) is 0 Å². The highest BCUT2D eigenvalue weighted by Crippen LogP contribution is 2.24. The molecule has 0 radical (unpaired) electrons. The molecule has 2 heteroatoms. The zero-order valence-corrected chi connectivity index (χ0v) is 14.0. The van der Waals surface area contributed by atoms with Gasteiger partial charge in [0, 0.05) is 19.8 Å². The van der Waals surface area contributed by atoms with Crippen LogP contribution < -0.4 is 5.32 Å². The Morgan fingerprint density at radius 1 is 1.24 bits per heavy atom. The number of aryl methyl sites for hydroxylation is 2. The Labute approximate surface area is 130 Å². The molecule has 0 saturated carbocycles. The van der Waals surface area contributed by atoms with Crippen molar-refractivity contribution in [3.05, 3.63) is 34.9 Å². The molecule has 2 rings (SSSR count). The molecule has 2 nitrogen and oxygen atoms in total. The Morgan fingerprint density at radius 2 is 2.05 bits per heavy atom. The third-order valence-corrected chi connectivity index (χ3v) is 4.47. The molecule has 0 aliphatic heterocycles. The third-order valence-electron chi connectivity index (χ3n) is 4.47. The Bertz CT molecular complexity index is 430. The maximum Gasteiger partial charge on any atom is 0.0488 e. The molecule has 0 amide bonds. The lowest BCUT2D eigenvalue weighted by Gasteiger charge is -2.22. The van der Waals surface area contributed by atoms with E-state index in [1.165, 1.54) is 37.7 Å². The van der Waals surface area contributed by atoms with E-state index in [2.05, 4.69) is 37.4 Å². The standard InChI is InChI=1S/C19H31NO/c1-4-10-20-19(11-15(2)14-21-3)13-16-8-9-17-6-5-7-18(17)12-16/h8-9,12,15,19-20H,4-7,10-11,13-14H2,1-3H3. The van der Waals surface area contributed by atoms with Gasteiger partial charge < -0.3 is 10.1 Å². The maximum atomic E-state index is 5.29. The van der Waals surface area contributed by atoms with Crippen molar-refractivity contribution in [2.45, 2.75) is 58.4 Å². The molecule has 1 aromatic carbocycles. The van der Waals surface area contributed by atoms with E-state index < -0.39 is 0 Å². The van der Waals surface area contributed by atoms with Gasteiger partial charge in [-0.15, -0.1) is 0 Å². The monoisotopic (exact) mass is 289 g/mol. The molecule has 0 heterocycles. The summed E-state index contributed by atoms with van der Waals surface area (Å²) in [5.74, 6) is 0.610. The Balaban J connectivity index is 1.96. The van der Waals surface area contributed by atoms with Crippen molar-refractivity contribution >= 4 is 0 Å². The SMILES string of the molecule is CCCNC(Cc1ccc2c(c1)CCC2)CC(C)COC. The van der Waals surface area contributed by atoms with Crippen molar-refractivity contribution in [1.29, 1.82) is 0 Å². The summed E-state index contributed by atoms with van der Waals surface area (Å²) in [6.07, 6.45) is 7.40. The quantitative estimate of drug-likeness (QED) is 0.747. The number of fused-ring (bicyclic) bond motifs is 1. The predicted molar refractivity (Wildman–Crippen MR) is 89.9 cm³/mol. The summed E-state index contributed by atoms with van der Waals surface area (Å²) in [4.78, 5) is 0. The van der Waals surface area contributed by atoms with Crippen molar-refractivity contribution in [2.24, 2.45) is 5.92 Å². The first-order chi connectivity index (χ1) is 10.2. The lowest BCUT2D eigenvalue weighted by Crippen LogP contribution is -2.34. The second-order valence-corrected chi connectivity index (χ2v) is 6.61. The lowest BCUT2D eigenvalue weighted by atomic mass is 9.95. The highest BCUT2D eigenvalue weighted by atomic mass is 16.5. The zero-order valence-electron chi connectivity index (χ0n) is 14.0. The summed E-state index contributed by atoms with van der Waals surface area (Å²) in [7, 11) is 1.80. The first kappa shape index (κ1) is 16.5. The largest absolute Gasteiger partial charge is 0.384 e. The number of ether oxygens (including phenoxy) is 1. The summed E-state index contributed by atoms with van der Waals surface area (Å²) in [6, 6.07) is 7.71. The fourth-order valence-electron chi connectivity index (χ4n) is 3.46. The van der Waals surface area contributed by atoms with Crippen LogP contribution in [0.1, 0.15) is 49.8 Å². The van der Waals surface area contributed by atoms with E-state index in [1.807, 2.05) is 0 Å². The fourth-order valence-corrected chi connectivity index (χ4v) is 3.46. The zero-order chi connectivity index (χ0) is 15.1. The number of nitrogens with one attached hydrogen (secondary N) is 1. The van der Waals surface area contributed by atoms with Gasteiger partial charge >= 0.3 is 0 Å². The topological polar surface area (TPSA) is 21.3 Å². The maximum absolute atomic E-state index is 5.29. The van der Waals surface area contributed by atoms with Crippen LogP contribution in [0.3, 0.4) is 0 Å². The molecule has 2 atom stereocenters. The minimum absolute atomic E-state index is 0.564. The predicted octanol–water partition coefficient (Wildman–Crippen LogP) is 3.76. The van der Waals surface area contributed by atoms with Gasteiger partial charge in [0.15, 0.2) is 0 Å². The molecule has 118 valence electrons. The van der Waals surface area contributed by atoms with E-state index in [0.717, 1.165) is 19.6 Å². The van der Waals surface area contributed by atoms with Crippen molar-refractivity contribution < 1.29 is 4.74 Å². The van der Waals surface area contributed by atoms with E-state index in [-0.39, 0.29) is 0 Å². The van der Waals surface area contributed by atoms with Gasteiger partial charge in [-0.2, -0.15) is 0 Å². The first-order valence-corrected chi connectivity index (χ1v) is 8.56. The number of rotatable bonds is 9. The first-order valence-electron chi connectivity index (χ1n) is 8.56. The fraction of sp³-hybridized carbons (Fsp3) is 0.684. The molecule has 2 unspecified atom stereocenters. The summed E-state index contributed by atoms with van der Waals surface area (Å²) in [5.41, 5.74) is 4.66. The smallest absolute Gasteiger partial charge is 0.0488 e. The minimum atomic E-state index is 0.564. The van der Waals surface area contributed by atoms with Crippen LogP contribution in [0.25, 0.3) is 0 Å². The molecule has 1 aliphatic carbocycles. The van der Waals surface area contributed by atoms with Gasteiger partial charge in [0.25, 0.3) is 0 Å². The summed E-state index contributed by atoms with van der Waals surface area (Å²) < 4.78 is 5.29. The summed E-state index contributed by atoms with van der Waals surface area (Å²) in [6.45, 7) is 6.48. The van der Waals surface area contributed by atoms with E-state index in [9.17, 15) is 0 Å². The summed E-state index contributed by atoms with van der Waals surface area (Å²) >= 11 is 0. The average Bonchev–Trinajstić information content (AvgIpc) is 2.92. The highest BCUT2D eigenvalue weighted by molar-refractivity contribution is 5.35. The number of hydrogen-bond donors (Lipinski definition) is 1. The van der Waals surface area contributed by atoms with Gasteiger partial charge in [0.1, 0.15) is 0 Å². The van der Waals surface area contributed by atoms with E-state index in [4.69, 9.17) is 4.74 Å². The normalized spacial score (nSPS) is 16.7. The van der Waals surface area contributed by atoms with Gasteiger partial charge in [-0.3, -0.25) is 0 Å². The van der Waals surface area contributed by atoms with Crippen LogP contribution in [0, 0.1) is 5.92 Å². The van der Waals surface area contributed by atoms with Crippen LogP contribution in [0.4, 0.5) is 0 Å². The number of methoxy groups -OCH3 is 1. The molecule has 0 saturated heterocycles. The lowest BCUT2D eigenvalue weighted by molar-refractivity contribution is 0.149. The van der Waals surface area contributed by atoms with Crippen molar-refractivity contribution in [3.8, 4) is 0 Å². The molecular formula is C19H31NO. The van der Waals surface area contributed by atoms with E-state index in [0.29, 0.717) is 12.0 Å². The molecule has 1 aromatic rings. The Kier molecular flexibility index (Phi) is 6.72. The molecule has 0 fully saturated rings. The van der Waals surface area contributed by atoms with Gasteiger partial charge in [-0.1, -0.05) is 32.0 Å². The molecule has 1 aliphatic rings. The molecule has 0 spiro atoms. The number of benzene rings is 1. The minimum Gasteiger partial charge on any atom is -0.384 e. The second kappa shape index (κ2) is 8.55. The van der Waals surface area contributed by atoms with Crippen molar-refractivity contribution in [3.63, 3.8) is 0 Å². The second-order valence-electron chi connectivity index (χ2n) is 6.61. The Hall–Kier alpha value is -0.860. The van der Waals surface area contributed by atoms with Gasteiger partial charge in [0.2, 0.25) is 0 Å². The van der Waals surface area contributed by atoms with Crippen LogP contribution >= 0.6 is 0 Å². The van der Waals surface area contributed by atoms with Gasteiger partial charge in [-0.05, 0) is 67.7 Å². The average molecular weight is 289 g/mol. The third kappa shape index (κ3) is 5.12. The van der Waals surface area contributed by atoms with E-state index >= 15 is 0 Å².